The average Bonchev–Trinajstić information content (AvgIpc) is 2.29. The third kappa shape index (κ3) is 3.76. The first kappa shape index (κ1) is 13.5. The fourth-order valence-corrected chi connectivity index (χ4v) is 2.09. The van der Waals surface area contributed by atoms with Gasteiger partial charge in [-0.05, 0) is 40.2 Å². The first-order chi connectivity index (χ1) is 7.69. The Morgan fingerprint density at radius 1 is 1.44 bits per heavy atom. The highest BCUT2D eigenvalue weighted by Gasteiger charge is 2.22. The van der Waals surface area contributed by atoms with Crippen molar-refractivity contribution in [1.29, 1.82) is 0 Å². The molecule has 1 aliphatic rings. The zero-order chi connectivity index (χ0) is 12.0. The largest absolute Gasteiger partial charge is 0.367 e. The third-order valence-corrected chi connectivity index (χ3v) is 3.23. The Labute approximate surface area is 98.3 Å². The van der Waals surface area contributed by atoms with E-state index in [-0.39, 0.29) is 18.6 Å². The van der Waals surface area contributed by atoms with Crippen molar-refractivity contribution in [3.63, 3.8) is 0 Å². The molecule has 0 aromatic heterocycles. The zero-order valence-electron chi connectivity index (χ0n) is 10.7. The van der Waals surface area contributed by atoms with Gasteiger partial charge in [-0.3, -0.25) is 4.79 Å². The first-order valence-electron chi connectivity index (χ1n) is 6.31. The Morgan fingerprint density at radius 2 is 2.12 bits per heavy atom. The standard InChI is InChI=1S/C12H24N2O2/c1-4-14(5-2)12(15)9-16-11-7-6-8-13-10(11)3/h10-11,13H,4-9H2,1-3H3. The molecule has 2 unspecified atom stereocenters. The van der Waals surface area contributed by atoms with E-state index in [1.165, 1.54) is 0 Å². The van der Waals surface area contributed by atoms with Crippen LogP contribution in [0.4, 0.5) is 0 Å². The molecule has 1 aliphatic heterocycles. The van der Waals surface area contributed by atoms with Crippen LogP contribution in [-0.4, -0.2) is 49.2 Å². The van der Waals surface area contributed by atoms with Crippen LogP contribution >= 0.6 is 0 Å². The number of likely N-dealkylation sites (N-methyl/N-ethyl adjacent to an activating group) is 1. The number of ether oxygens (including phenoxy) is 1. The van der Waals surface area contributed by atoms with Gasteiger partial charge in [0.2, 0.25) is 5.91 Å². The van der Waals surface area contributed by atoms with Crippen LogP contribution in [0.3, 0.4) is 0 Å². The lowest BCUT2D eigenvalue weighted by Gasteiger charge is -2.30. The molecule has 0 saturated carbocycles. The monoisotopic (exact) mass is 228 g/mol. The van der Waals surface area contributed by atoms with E-state index in [4.69, 9.17) is 4.74 Å². The van der Waals surface area contributed by atoms with Crippen LogP contribution in [0.25, 0.3) is 0 Å². The van der Waals surface area contributed by atoms with Crippen LogP contribution in [-0.2, 0) is 9.53 Å². The lowest BCUT2D eigenvalue weighted by molar-refractivity contribution is -0.138. The van der Waals surface area contributed by atoms with Gasteiger partial charge in [0.15, 0.2) is 0 Å². The van der Waals surface area contributed by atoms with E-state index < -0.39 is 0 Å². The topological polar surface area (TPSA) is 41.6 Å². The van der Waals surface area contributed by atoms with Crippen molar-refractivity contribution < 1.29 is 9.53 Å². The van der Waals surface area contributed by atoms with Crippen LogP contribution in [0.2, 0.25) is 0 Å². The molecule has 2 atom stereocenters. The molecule has 1 saturated heterocycles. The van der Waals surface area contributed by atoms with Crippen molar-refractivity contribution in [2.75, 3.05) is 26.2 Å². The van der Waals surface area contributed by atoms with Gasteiger partial charge in [-0.15, -0.1) is 0 Å². The highest BCUT2D eigenvalue weighted by Crippen LogP contribution is 2.12. The number of nitrogens with one attached hydrogen (secondary N) is 1. The summed E-state index contributed by atoms with van der Waals surface area (Å²) in [5, 5.41) is 3.36. The fourth-order valence-electron chi connectivity index (χ4n) is 2.09. The molecular formula is C12H24N2O2. The third-order valence-electron chi connectivity index (χ3n) is 3.23. The molecule has 0 aliphatic carbocycles. The Balaban J connectivity index is 2.29. The molecular weight excluding hydrogens is 204 g/mol. The van der Waals surface area contributed by atoms with Crippen LogP contribution in [0.15, 0.2) is 0 Å². The highest BCUT2D eigenvalue weighted by atomic mass is 16.5. The Bertz CT molecular complexity index is 217. The molecule has 1 fully saturated rings. The minimum atomic E-state index is 0.0998. The van der Waals surface area contributed by atoms with Gasteiger partial charge in [-0.2, -0.15) is 0 Å². The maximum Gasteiger partial charge on any atom is 0.248 e. The summed E-state index contributed by atoms with van der Waals surface area (Å²) >= 11 is 0. The van der Waals surface area contributed by atoms with Crippen molar-refractivity contribution >= 4 is 5.91 Å². The van der Waals surface area contributed by atoms with E-state index >= 15 is 0 Å². The average molecular weight is 228 g/mol. The molecule has 4 heteroatoms. The van der Waals surface area contributed by atoms with Gasteiger partial charge in [-0.25, -0.2) is 0 Å². The molecule has 0 spiro atoms. The van der Waals surface area contributed by atoms with Gasteiger partial charge in [0.05, 0.1) is 6.10 Å². The number of amides is 1. The van der Waals surface area contributed by atoms with E-state index in [1.807, 2.05) is 13.8 Å². The second-order valence-electron chi connectivity index (χ2n) is 4.30. The number of piperidine rings is 1. The van der Waals surface area contributed by atoms with E-state index in [2.05, 4.69) is 12.2 Å². The molecule has 1 amide bonds. The molecule has 16 heavy (non-hydrogen) atoms. The lowest BCUT2D eigenvalue weighted by Crippen LogP contribution is -2.45. The number of nitrogens with zero attached hydrogens (tertiary/aromatic N) is 1. The van der Waals surface area contributed by atoms with Crippen molar-refractivity contribution in [2.45, 2.75) is 45.8 Å². The summed E-state index contributed by atoms with van der Waals surface area (Å²) in [6.07, 6.45) is 2.38. The normalized spacial score (nSPS) is 25.4. The molecule has 94 valence electrons. The predicted molar refractivity (Wildman–Crippen MR) is 64.4 cm³/mol. The first-order valence-corrected chi connectivity index (χ1v) is 6.31. The quantitative estimate of drug-likeness (QED) is 0.763. The van der Waals surface area contributed by atoms with Gasteiger partial charge in [-0.1, -0.05) is 0 Å². The highest BCUT2D eigenvalue weighted by molar-refractivity contribution is 5.77. The molecule has 0 aromatic rings. The molecule has 1 N–H and O–H groups in total. The molecule has 0 bridgehead atoms. The van der Waals surface area contributed by atoms with Crippen molar-refractivity contribution in [3.05, 3.63) is 0 Å². The second-order valence-corrected chi connectivity index (χ2v) is 4.30. The molecule has 0 radical (unpaired) electrons. The number of carbonyl (C=O) groups is 1. The van der Waals surface area contributed by atoms with Crippen LogP contribution in [0, 0.1) is 0 Å². The molecule has 1 heterocycles. The van der Waals surface area contributed by atoms with Crippen molar-refractivity contribution in [3.8, 4) is 0 Å². The van der Waals surface area contributed by atoms with Crippen molar-refractivity contribution in [2.24, 2.45) is 0 Å². The van der Waals surface area contributed by atoms with Gasteiger partial charge < -0.3 is 15.0 Å². The summed E-state index contributed by atoms with van der Waals surface area (Å²) < 4.78 is 5.69. The number of carbonyl (C=O) groups excluding carboxylic acids is 1. The fraction of sp³-hybridized carbons (Fsp3) is 0.917. The summed E-state index contributed by atoms with van der Waals surface area (Å²) in [7, 11) is 0. The molecule has 0 aromatic carbocycles. The van der Waals surface area contributed by atoms with E-state index in [1.54, 1.807) is 4.90 Å². The summed E-state index contributed by atoms with van der Waals surface area (Å²) in [5.41, 5.74) is 0. The van der Waals surface area contributed by atoms with E-state index in [0.29, 0.717) is 6.04 Å². The van der Waals surface area contributed by atoms with Gasteiger partial charge in [0.1, 0.15) is 6.61 Å². The maximum atomic E-state index is 11.7. The number of hydrogen-bond donors (Lipinski definition) is 1. The summed E-state index contributed by atoms with van der Waals surface area (Å²) in [6.45, 7) is 8.90. The molecule has 4 nitrogen and oxygen atoms in total. The Kier molecular flexibility index (Phi) is 5.77. The van der Waals surface area contributed by atoms with Gasteiger partial charge in [0, 0.05) is 19.1 Å². The second kappa shape index (κ2) is 6.86. The summed E-state index contributed by atoms with van der Waals surface area (Å²) in [5.74, 6) is 0.0998. The maximum absolute atomic E-state index is 11.7. The lowest BCUT2D eigenvalue weighted by atomic mass is 10.0. The predicted octanol–water partition coefficient (Wildman–Crippen LogP) is 1.01. The summed E-state index contributed by atoms with van der Waals surface area (Å²) in [6, 6.07) is 0.359. The van der Waals surface area contributed by atoms with Gasteiger partial charge in [0.25, 0.3) is 0 Å². The zero-order valence-corrected chi connectivity index (χ0v) is 10.7. The van der Waals surface area contributed by atoms with Crippen LogP contribution in [0.5, 0.6) is 0 Å². The summed E-state index contributed by atoms with van der Waals surface area (Å²) in [4.78, 5) is 13.5. The Hall–Kier alpha value is -0.610. The molecule has 1 rings (SSSR count). The SMILES string of the molecule is CCN(CC)C(=O)COC1CCCNC1C. The Morgan fingerprint density at radius 3 is 2.69 bits per heavy atom. The van der Waals surface area contributed by atoms with Crippen molar-refractivity contribution in [1.82, 2.24) is 10.2 Å². The number of hydrogen-bond acceptors (Lipinski definition) is 3. The van der Waals surface area contributed by atoms with E-state index in [0.717, 1.165) is 32.5 Å². The van der Waals surface area contributed by atoms with Crippen LogP contribution < -0.4 is 5.32 Å². The van der Waals surface area contributed by atoms with Gasteiger partial charge >= 0.3 is 0 Å². The van der Waals surface area contributed by atoms with Crippen LogP contribution in [0.1, 0.15) is 33.6 Å². The smallest absolute Gasteiger partial charge is 0.248 e. The van der Waals surface area contributed by atoms with E-state index in [9.17, 15) is 4.79 Å². The minimum absolute atomic E-state index is 0.0998. The minimum Gasteiger partial charge on any atom is -0.367 e. The number of rotatable bonds is 5.